The predicted molar refractivity (Wildman–Crippen MR) is 113 cm³/mol. The number of ketones is 1. The summed E-state index contributed by atoms with van der Waals surface area (Å²) in [5.74, 6) is -0.906. The number of carbonyl (C=O) groups is 2. The van der Waals surface area contributed by atoms with Gasteiger partial charge in [-0.05, 0) is 48.9 Å². The molecule has 1 aliphatic heterocycles. The van der Waals surface area contributed by atoms with E-state index in [-0.39, 0.29) is 24.5 Å². The summed E-state index contributed by atoms with van der Waals surface area (Å²) in [6.45, 7) is 2.93. The molecule has 1 aliphatic rings. The predicted octanol–water partition coefficient (Wildman–Crippen LogP) is 3.92. The molecular formula is C22H22BrNO5. The lowest BCUT2D eigenvalue weighted by molar-refractivity contribution is -0.140. The second kappa shape index (κ2) is 9.24. The second-order valence-electron chi connectivity index (χ2n) is 6.49. The molecule has 0 saturated carbocycles. The van der Waals surface area contributed by atoms with E-state index in [1.165, 1.54) is 12.0 Å². The molecule has 6 nitrogen and oxygen atoms in total. The summed E-state index contributed by atoms with van der Waals surface area (Å²) in [5.41, 5.74) is 1.24. The Hall–Kier alpha value is -2.64. The van der Waals surface area contributed by atoms with Gasteiger partial charge in [0, 0.05) is 23.7 Å². The minimum Gasteiger partial charge on any atom is -0.507 e. The van der Waals surface area contributed by atoms with Crippen LogP contribution in [0, 0.1) is 0 Å². The fourth-order valence-electron chi connectivity index (χ4n) is 3.32. The standard InChI is InChI=1S/C22H22BrNO5/c1-3-29-17-10-6-15(7-11-17)20(25)18-19(14-4-8-16(23)9-5-14)24(12-13-28-2)22(27)21(18)26/h4-11,19,25H,3,12-13H2,1-2H3. The van der Waals surface area contributed by atoms with E-state index in [2.05, 4.69) is 15.9 Å². The van der Waals surface area contributed by atoms with Crippen molar-refractivity contribution in [3.05, 3.63) is 69.7 Å². The van der Waals surface area contributed by atoms with Gasteiger partial charge in [0.25, 0.3) is 11.7 Å². The van der Waals surface area contributed by atoms with E-state index in [1.807, 2.05) is 31.2 Å². The highest BCUT2D eigenvalue weighted by Crippen LogP contribution is 2.39. The lowest BCUT2D eigenvalue weighted by atomic mass is 9.95. The number of halogens is 1. The molecule has 1 saturated heterocycles. The van der Waals surface area contributed by atoms with Crippen molar-refractivity contribution in [1.82, 2.24) is 4.90 Å². The number of Topliss-reactive ketones (excluding diaryl/α,β-unsaturated/α-hetero) is 1. The Labute approximate surface area is 177 Å². The van der Waals surface area contributed by atoms with Crippen molar-refractivity contribution in [3.63, 3.8) is 0 Å². The first-order valence-electron chi connectivity index (χ1n) is 9.24. The van der Waals surface area contributed by atoms with Gasteiger partial charge in [-0.25, -0.2) is 0 Å². The van der Waals surface area contributed by atoms with Gasteiger partial charge in [0.05, 0.1) is 24.8 Å². The summed E-state index contributed by atoms with van der Waals surface area (Å²) >= 11 is 3.39. The number of nitrogens with zero attached hydrogens (tertiary/aromatic N) is 1. The molecule has 2 aromatic carbocycles. The summed E-state index contributed by atoms with van der Waals surface area (Å²) in [5, 5.41) is 11.0. The van der Waals surface area contributed by atoms with Gasteiger partial charge in [0.1, 0.15) is 11.5 Å². The highest BCUT2D eigenvalue weighted by Gasteiger charge is 2.45. The minimum absolute atomic E-state index is 0.0672. The first-order chi connectivity index (χ1) is 14.0. The molecule has 0 radical (unpaired) electrons. The third kappa shape index (κ3) is 4.36. The molecular weight excluding hydrogens is 438 g/mol. The highest BCUT2D eigenvalue weighted by molar-refractivity contribution is 9.10. The van der Waals surface area contributed by atoms with Crippen molar-refractivity contribution in [2.75, 3.05) is 26.9 Å². The van der Waals surface area contributed by atoms with Crippen LogP contribution in [0.15, 0.2) is 58.6 Å². The SMILES string of the molecule is CCOc1ccc(C(O)=C2C(=O)C(=O)N(CCOC)C2c2ccc(Br)cc2)cc1. The Bertz CT molecular complexity index is 921. The van der Waals surface area contributed by atoms with Gasteiger partial charge < -0.3 is 19.5 Å². The van der Waals surface area contributed by atoms with Crippen LogP contribution in [0.1, 0.15) is 24.1 Å². The monoisotopic (exact) mass is 459 g/mol. The molecule has 152 valence electrons. The highest BCUT2D eigenvalue weighted by atomic mass is 79.9. The molecule has 1 atom stereocenters. The molecule has 29 heavy (non-hydrogen) atoms. The van der Waals surface area contributed by atoms with Crippen molar-refractivity contribution in [1.29, 1.82) is 0 Å². The molecule has 2 aromatic rings. The van der Waals surface area contributed by atoms with Gasteiger partial charge in [-0.15, -0.1) is 0 Å². The summed E-state index contributed by atoms with van der Waals surface area (Å²) in [4.78, 5) is 27.0. The molecule has 1 amide bonds. The van der Waals surface area contributed by atoms with Gasteiger partial charge in [-0.3, -0.25) is 9.59 Å². The van der Waals surface area contributed by atoms with Crippen LogP contribution in [0.5, 0.6) is 5.75 Å². The summed E-state index contributed by atoms with van der Waals surface area (Å²) in [6.07, 6.45) is 0. The molecule has 0 aromatic heterocycles. The molecule has 0 aliphatic carbocycles. The van der Waals surface area contributed by atoms with Crippen LogP contribution in [0.25, 0.3) is 5.76 Å². The van der Waals surface area contributed by atoms with E-state index >= 15 is 0 Å². The third-order valence-electron chi connectivity index (χ3n) is 4.70. The number of hydrogen-bond acceptors (Lipinski definition) is 5. The molecule has 1 N–H and O–H groups in total. The number of methoxy groups -OCH3 is 1. The number of aliphatic hydroxyl groups excluding tert-OH is 1. The number of amides is 1. The normalized spacial score (nSPS) is 18.3. The maximum Gasteiger partial charge on any atom is 0.295 e. The van der Waals surface area contributed by atoms with E-state index < -0.39 is 17.7 Å². The van der Waals surface area contributed by atoms with Crippen LogP contribution in [0.3, 0.4) is 0 Å². The number of hydrogen-bond donors (Lipinski definition) is 1. The molecule has 0 spiro atoms. The molecule has 1 fully saturated rings. The molecule has 7 heteroatoms. The topological polar surface area (TPSA) is 76.1 Å². The Morgan fingerprint density at radius 2 is 1.76 bits per heavy atom. The number of likely N-dealkylation sites (tertiary alicyclic amines) is 1. The molecule has 1 unspecified atom stereocenters. The summed E-state index contributed by atoms with van der Waals surface area (Å²) < 4.78 is 11.4. The number of benzene rings is 2. The Kier molecular flexibility index (Phi) is 6.71. The van der Waals surface area contributed by atoms with Gasteiger partial charge in [-0.1, -0.05) is 28.1 Å². The van der Waals surface area contributed by atoms with Gasteiger partial charge in [0.2, 0.25) is 0 Å². The van der Waals surface area contributed by atoms with Crippen LogP contribution < -0.4 is 4.74 Å². The average molecular weight is 460 g/mol. The van der Waals surface area contributed by atoms with Gasteiger partial charge in [0.15, 0.2) is 0 Å². The zero-order chi connectivity index (χ0) is 21.0. The van der Waals surface area contributed by atoms with Crippen LogP contribution in [0.4, 0.5) is 0 Å². The van der Waals surface area contributed by atoms with E-state index in [4.69, 9.17) is 9.47 Å². The smallest absolute Gasteiger partial charge is 0.295 e. The van der Waals surface area contributed by atoms with E-state index in [0.717, 1.165) is 10.0 Å². The van der Waals surface area contributed by atoms with Crippen molar-refractivity contribution in [3.8, 4) is 5.75 Å². The molecule has 3 rings (SSSR count). The minimum atomic E-state index is -0.708. The van der Waals surface area contributed by atoms with Crippen molar-refractivity contribution < 1.29 is 24.2 Å². The maximum absolute atomic E-state index is 12.8. The van der Waals surface area contributed by atoms with Crippen molar-refractivity contribution in [2.24, 2.45) is 0 Å². The van der Waals surface area contributed by atoms with E-state index in [0.29, 0.717) is 17.9 Å². The van der Waals surface area contributed by atoms with Crippen molar-refractivity contribution in [2.45, 2.75) is 13.0 Å². The lowest BCUT2D eigenvalue weighted by Crippen LogP contribution is -2.32. The number of ether oxygens (including phenoxy) is 2. The number of aliphatic hydroxyl groups is 1. The quantitative estimate of drug-likeness (QED) is 0.385. The fourth-order valence-corrected chi connectivity index (χ4v) is 3.59. The third-order valence-corrected chi connectivity index (χ3v) is 5.23. The largest absolute Gasteiger partial charge is 0.507 e. The van der Waals surface area contributed by atoms with Crippen LogP contribution >= 0.6 is 15.9 Å². The zero-order valence-electron chi connectivity index (χ0n) is 16.2. The van der Waals surface area contributed by atoms with E-state index in [1.54, 1.807) is 24.3 Å². The fraction of sp³-hybridized carbons (Fsp3) is 0.273. The van der Waals surface area contributed by atoms with E-state index in [9.17, 15) is 14.7 Å². The number of carbonyl (C=O) groups excluding carboxylic acids is 2. The van der Waals surface area contributed by atoms with Crippen LogP contribution in [0.2, 0.25) is 0 Å². The second-order valence-corrected chi connectivity index (χ2v) is 7.41. The van der Waals surface area contributed by atoms with Crippen LogP contribution in [-0.2, 0) is 14.3 Å². The number of rotatable bonds is 7. The Morgan fingerprint density at radius 1 is 1.10 bits per heavy atom. The Balaban J connectivity index is 2.09. The first-order valence-corrected chi connectivity index (χ1v) is 10.0. The van der Waals surface area contributed by atoms with Crippen LogP contribution in [-0.4, -0.2) is 48.6 Å². The maximum atomic E-state index is 12.8. The average Bonchev–Trinajstić information content (AvgIpc) is 2.98. The molecule has 1 heterocycles. The summed E-state index contributed by atoms with van der Waals surface area (Å²) in [6, 6.07) is 13.4. The molecule has 0 bridgehead atoms. The Morgan fingerprint density at radius 3 is 2.34 bits per heavy atom. The van der Waals surface area contributed by atoms with Crippen molar-refractivity contribution >= 4 is 33.4 Å². The zero-order valence-corrected chi connectivity index (χ0v) is 17.8. The first kappa shape index (κ1) is 21.1. The summed E-state index contributed by atoms with van der Waals surface area (Å²) in [7, 11) is 1.53. The van der Waals surface area contributed by atoms with Gasteiger partial charge >= 0.3 is 0 Å². The lowest BCUT2D eigenvalue weighted by Gasteiger charge is -2.25. The van der Waals surface area contributed by atoms with Gasteiger partial charge in [-0.2, -0.15) is 0 Å².